The van der Waals surface area contributed by atoms with Crippen LogP contribution in [-0.2, 0) is 22.7 Å². The van der Waals surface area contributed by atoms with Crippen molar-refractivity contribution in [1.29, 1.82) is 0 Å². The first-order valence-corrected chi connectivity index (χ1v) is 9.99. The summed E-state index contributed by atoms with van der Waals surface area (Å²) < 4.78 is 77.5. The molecule has 0 aliphatic rings. The van der Waals surface area contributed by atoms with Gasteiger partial charge in [0.2, 0.25) is 10.0 Å². The van der Waals surface area contributed by atoms with Crippen LogP contribution in [0.25, 0.3) is 0 Å². The second-order valence-corrected chi connectivity index (χ2v) is 8.35. The van der Waals surface area contributed by atoms with Crippen molar-refractivity contribution in [1.82, 2.24) is 15.4 Å². The van der Waals surface area contributed by atoms with Crippen LogP contribution >= 0.6 is 0 Å². The second-order valence-electron chi connectivity index (χ2n) is 6.61. The van der Waals surface area contributed by atoms with Crippen LogP contribution < -0.4 is 15.4 Å². The Balaban J connectivity index is 2.95. The molecule has 1 aromatic carbocycles. The number of hydrogen-bond acceptors (Lipinski definition) is 3. The molecule has 0 aliphatic heterocycles. The molecular weight excluding hydrogens is 388 g/mol. The largest absolute Gasteiger partial charge is 0.416 e. The van der Waals surface area contributed by atoms with E-state index in [1.807, 2.05) is 0 Å². The summed E-state index contributed by atoms with van der Waals surface area (Å²) in [6, 6.07) is 2.42. The summed E-state index contributed by atoms with van der Waals surface area (Å²) in [4.78, 5) is 4.08. The van der Waals surface area contributed by atoms with E-state index >= 15 is 0 Å². The van der Waals surface area contributed by atoms with E-state index in [2.05, 4.69) is 20.3 Å². The number of guanidine groups is 1. The van der Waals surface area contributed by atoms with Crippen molar-refractivity contribution in [2.75, 3.05) is 19.3 Å². The summed E-state index contributed by atoms with van der Waals surface area (Å²) in [5.41, 5.74) is -2.10. The Morgan fingerprint density at radius 3 is 2.33 bits per heavy atom. The molecule has 1 aromatic rings. The van der Waals surface area contributed by atoms with Crippen molar-refractivity contribution in [3.8, 4) is 0 Å². The van der Waals surface area contributed by atoms with Gasteiger partial charge in [-0.1, -0.05) is 6.07 Å². The highest BCUT2D eigenvalue weighted by atomic mass is 32.2. The van der Waals surface area contributed by atoms with Crippen LogP contribution in [0.3, 0.4) is 0 Å². The Morgan fingerprint density at radius 1 is 1.19 bits per heavy atom. The number of sulfonamides is 1. The highest BCUT2D eigenvalue weighted by Crippen LogP contribution is 2.32. The number of benzene rings is 1. The van der Waals surface area contributed by atoms with Crippen molar-refractivity contribution >= 4 is 16.0 Å². The van der Waals surface area contributed by atoms with E-state index < -0.39 is 33.1 Å². The van der Waals surface area contributed by atoms with E-state index in [0.29, 0.717) is 12.6 Å². The van der Waals surface area contributed by atoms with Crippen molar-refractivity contribution in [2.24, 2.45) is 4.99 Å². The van der Waals surface area contributed by atoms with Gasteiger partial charge in [-0.25, -0.2) is 22.5 Å². The molecule has 0 aromatic heterocycles. The molecule has 0 unspecified atom stereocenters. The zero-order chi connectivity index (χ0) is 20.9. The van der Waals surface area contributed by atoms with E-state index in [-0.39, 0.29) is 24.6 Å². The molecule has 0 saturated heterocycles. The maximum absolute atomic E-state index is 13.2. The van der Waals surface area contributed by atoms with Crippen molar-refractivity contribution in [3.63, 3.8) is 0 Å². The average molecular weight is 412 g/mol. The van der Waals surface area contributed by atoms with Crippen LogP contribution in [-0.4, -0.2) is 39.3 Å². The summed E-state index contributed by atoms with van der Waals surface area (Å²) in [6.07, 6.45) is -3.67. The summed E-state index contributed by atoms with van der Waals surface area (Å²) in [6.45, 7) is 5.32. The molecule has 0 heterocycles. The van der Waals surface area contributed by atoms with Crippen LogP contribution in [0, 0.1) is 5.82 Å². The van der Waals surface area contributed by atoms with Gasteiger partial charge in [-0.15, -0.1) is 0 Å². The van der Waals surface area contributed by atoms with Crippen molar-refractivity contribution < 1.29 is 26.0 Å². The Bertz CT molecular complexity index is 777. The predicted molar refractivity (Wildman–Crippen MR) is 96.3 cm³/mol. The summed E-state index contributed by atoms with van der Waals surface area (Å²) in [5, 5.41) is 5.74. The molecule has 0 amide bonds. The fourth-order valence-electron chi connectivity index (χ4n) is 2.30. The first-order chi connectivity index (χ1) is 12.2. The fourth-order valence-corrected chi connectivity index (χ4v) is 3.38. The maximum Gasteiger partial charge on any atom is 0.416 e. The average Bonchev–Trinajstić information content (AvgIpc) is 2.47. The molecule has 1 rings (SSSR count). The minimum atomic E-state index is -4.69. The van der Waals surface area contributed by atoms with Crippen LogP contribution in [0.4, 0.5) is 17.6 Å². The number of alkyl halides is 3. The standard InChI is InChI=1S/C16H24F4N4O2S/c1-5-21-14(23-10-15(2,3)24-27(4,25)26)22-9-11-6-7-12(17)8-13(11)16(18,19)20/h6-8,24H,5,9-10H2,1-4H3,(H2,21,22,23). The van der Waals surface area contributed by atoms with Gasteiger partial charge in [0.05, 0.1) is 18.4 Å². The van der Waals surface area contributed by atoms with Gasteiger partial charge in [-0.05, 0) is 38.5 Å². The fraction of sp³-hybridized carbons (Fsp3) is 0.562. The molecule has 11 heteroatoms. The molecule has 0 saturated carbocycles. The molecule has 0 atom stereocenters. The third-order valence-electron chi connectivity index (χ3n) is 3.29. The van der Waals surface area contributed by atoms with Crippen LogP contribution in [0.5, 0.6) is 0 Å². The molecule has 0 bridgehead atoms. The lowest BCUT2D eigenvalue weighted by Crippen LogP contribution is -2.53. The quantitative estimate of drug-likeness (QED) is 0.364. The summed E-state index contributed by atoms with van der Waals surface area (Å²) in [5.74, 6) is -0.771. The van der Waals surface area contributed by atoms with Crippen molar-refractivity contribution in [2.45, 2.75) is 39.0 Å². The van der Waals surface area contributed by atoms with Gasteiger partial charge in [0.1, 0.15) is 5.82 Å². The van der Waals surface area contributed by atoms with Gasteiger partial charge in [0, 0.05) is 18.6 Å². The monoisotopic (exact) mass is 412 g/mol. The second kappa shape index (κ2) is 8.87. The summed E-state index contributed by atoms with van der Waals surface area (Å²) >= 11 is 0. The number of hydrogen-bond donors (Lipinski definition) is 3. The van der Waals surface area contributed by atoms with Gasteiger partial charge in [0.25, 0.3) is 0 Å². The third-order valence-corrected chi connectivity index (χ3v) is 4.21. The molecule has 27 heavy (non-hydrogen) atoms. The van der Waals surface area contributed by atoms with Gasteiger partial charge >= 0.3 is 6.18 Å². The van der Waals surface area contributed by atoms with Gasteiger partial charge in [0.15, 0.2) is 5.96 Å². The van der Waals surface area contributed by atoms with Gasteiger partial charge in [-0.3, -0.25) is 0 Å². The Kier molecular flexibility index (Phi) is 7.61. The molecule has 3 N–H and O–H groups in total. The van der Waals surface area contributed by atoms with E-state index in [0.717, 1.165) is 18.4 Å². The first kappa shape index (κ1) is 23.2. The topological polar surface area (TPSA) is 82.6 Å². The molecule has 0 fully saturated rings. The Morgan fingerprint density at radius 2 is 1.81 bits per heavy atom. The predicted octanol–water partition coefficient (Wildman–Crippen LogP) is 2.23. The Labute approximate surface area is 156 Å². The molecular formula is C16H24F4N4O2S. The number of halogens is 4. The Hall–Kier alpha value is -1.88. The van der Waals surface area contributed by atoms with E-state index in [1.165, 1.54) is 0 Å². The smallest absolute Gasteiger partial charge is 0.357 e. The molecule has 154 valence electrons. The van der Waals surface area contributed by atoms with Gasteiger partial charge < -0.3 is 10.6 Å². The minimum Gasteiger partial charge on any atom is -0.357 e. The highest BCUT2D eigenvalue weighted by molar-refractivity contribution is 7.88. The van der Waals surface area contributed by atoms with Gasteiger partial charge in [-0.2, -0.15) is 13.2 Å². The van der Waals surface area contributed by atoms with E-state index in [4.69, 9.17) is 0 Å². The summed E-state index contributed by atoms with van der Waals surface area (Å²) in [7, 11) is -3.43. The maximum atomic E-state index is 13.2. The van der Waals surface area contributed by atoms with Crippen molar-refractivity contribution in [3.05, 3.63) is 35.1 Å². The number of nitrogens with one attached hydrogen (secondary N) is 3. The normalized spacial score (nSPS) is 13.6. The lowest BCUT2D eigenvalue weighted by Gasteiger charge is -2.26. The molecule has 0 radical (unpaired) electrons. The molecule has 6 nitrogen and oxygen atoms in total. The van der Waals surface area contributed by atoms with Crippen LogP contribution in [0.15, 0.2) is 23.2 Å². The van der Waals surface area contributed by atoms with E-state index in [1.54, 1.807) is 20.8 Å². The first-order valence-electron chi connectivity index (χ1n) is 8.10. The zero-order valence-electron chi connectivity index (χ0n) is 15.5. The number of nitrogens with zero attached hydrogens (tertiary/aromatic N) is 1. The third kappa shape index (κ3) is 8.57. The molecule has 0 spiro atoms. The lowest BCUT2D eigenvalue weighted by atomic mass is 10.1. The highest BCUT2D eigenvalue weighted by Gasteiger charge is 2.33. The molecule has 0 aliphatic carbocycles. The van der Waals surface area contributed by atoms with E-state index in [9.17, 15) is 26.0 Å². The van der Waals surface area contributed by atoms with Crippen LogP contribution in [0.2, 0.25) is 0 Å². The number of rotatable bonds is 7. The van der Waals surface area contributed by atoms with Crippen LogP contribution in [0.1, 0.15) is 31.9 Å². The lowest BCUT2D eigenvalue weighted by molar-refractivity contribution is -0.138. The zero-order valence-corrected chi connectivity index (χ0v) is 16.4. The number of aliphatic imine (C=N–C) groups is 1. The minimum absolute atomic E-state index is 0.140. The SMILES string of the molecule is CCNC(=NCc1ccc(F)cc1C(F)(F)F)NCC(C)(C)NS(C)(=O)=O.